The van der Waals surface area contributed by atoms with Crippen LogP contribution in [0.4, 0.5) is 0 Å². The smallest absolute Gasteiger partial charge is 0.0577 e. The molecule has 1 N–H and O–H groups in total. The van der Waals surface area contributed by atoms with Gasteiger partial charge in [-0.15, -0.1) is 0 Å². The molecule has 1 heteroatoms. The molecule has 0 saturated heterocycles. The summed E-state index contributed by atoms with van der Waals surface area (Å²) in [5.74, 6) is 4.90. The fraction of sp³-hybridized carbons (Fsp3) is 0.862. The first-order valence-electron chi connectivity index (χ1n) is 13.3. The van der Waals surface area contributed by atoms with Crippen molar-refractivity contribution in [1.82, 2.24) is 0 Å². The minimum atomic E-state index is -0.0916. The van der Waals surface area contributed by atoms with E-state index in [1.165, 1.54) is 57.8 Å². The van der Waals surface area contributed by atoms with Crippen LogP contribution >= 0.6 is 0 Å². The van der Waals surface area contributed by atoms with Gasteiger partial charge in [0.05, 0.1) is 6.10 Å². The second-order valence-corrected chi connectivity index (χ2v) is 11.8. The Kier molecular flexibility index (Phi) is 8.33. The molecule has 0 unspecified atom stereocenters. The standard InChI is InChI=1S/C29H50O/c1-7-23(20(2)3)13-11-21(4)27-10-8-9-24-14-15-25-19-26(30)17-18-29(25,6)28(24)16-12-22(27)5/h11,15,20,22-24,26-28,30H,7-10,12-14,16-19H2,1-6H3/b21-11+/t22-,23+,24+,26+,27+,28-,29-/m0/s1. The minimum absolute atomic E-state index is 0.0916. The molecule has 0 amide bonds. The largest absolute Gasteiger partial charge is 0.393 e. The summed E-state index contributed by atoms with van der Waals surface area (Å²) in [4.78, 5) is 0. The minimum Gasteiger partial charge on any atom is -0.393 e. The highest BCUT2D eigenvalue weighted by atomic mass is 16.3. The van der Waals surface area contributed by atoms with Gasteiger partial charge in [-0.25, -0.2) is 0 Å². The van der Waals surface area contributed by atoms with Crippen LogP contribution in [0.5, 0.6) is 0 Å². The van der Waals surface area contributed by atoms with E-state index in [9.17, 15) is 5.11 Å². The van der Waals surface area contributed by atoms with Crippen molar-refractivity contribution in [2.75, 3.05) is 0 Å². The molecule has 0 aromatic carbocycles. The van der Waals surface area contributed by atoms with Crippen molar-refractivity contribution < 1.29 is 5.11 Å². The van der Waals surface area contributed by atoms with Gasteiger partial charge in [0.1, 0.15) is 0 Å². The average Bonchev–Trinajstić information content (AvgIpc) is 2.78. The van der Waals surface area contributed by atoms with Gasteiger partial charge in [0, 0.05) is 0 Å². The lowest BCUT2D eigenvalue weighted by Crippen LogP contribution is -2.42. The van der Waals surface area contributed by atoms with Gasteiger partial charge >= 0.3 is 0 Å². The number of fused-ring (bicyclic) bond motifs is 3. The molecule has 1 nitrogen and oxygen atoms in total. The summed E-state index contributed by atoms with van der Waals surface area (Å²) in [6, 6.07) is 0. The highest BCUT2D eigenvalue weighted by molar-refractivity contribution is 5.23. The SMILES string of the molecule is CC[C@H](C/C=C(\C)[C@H]1CCC[C@@H]2CC=C3C[C@H](O)CC[C@]3(C)[C@H]2CC[C@@H]1C)C(C)C. The summed E-state index contributed by atoms with van der Waals surface area (Å²) < 4.78 is 0. The molecule has 0 radical (unpaired) electrons. The van der Waals surface area contributed by atoms with E-state index in [1.807, 2.05) is 0 Å². The Bertz CT molecular complexity index is 614. The Hall–Kier alpha value is -0.560. The molecule has 172 valence electrons. The molecule has 30 heavy (non-hydrogen) atoms. The normalized spacial score (nSPS) is 39.3. The molecule has 0 spiro atoms. The van der Waals surface area contributed by atoms with Crippen LogP contribution in [0.2, 0.25) is 0 Å². The molecule has 0 bridgehead atoms. The Balaban J connectivity index is 1.70. The number of hydrogen-bond acceptors (Lipinski definition) is 1. The summed E-state index contributed by atoms with van der Waals surface area (Å²) in [6.07, 6.45) is 19.0. The van der Waals surface area contributed by atoms with Crippen LogP contribution in [0.15, 0.2) is 23.3 Å². The second-order valence-electron chi connectivity index (χ2n) is 11.8. The van der Waals surface area contributed by atoms with Gasteiger partial charge in [-0.1, -0.05) is 70.8 Å². The molecule has 2 fully saturated rings. The second kappa shape index (κ2) is 10.4. The van der Waals surface area contributed by atoms with E-state index in [-0.39, 0.29) is 6.10 Å². The highest BCUT2D eigenvalue weighted by Crippen LogP contribution is 2.56. The Morgan fingerprint density at radius 1 is 1.20 bits per heavy atom. The Morgan fingerprint density at radius 3 is 2.67 bits per heavy atom. The van der Waals surface area contributed by atoms with E-state index in [0.717, 1.165) is 48.3 Å². The van der Waals surface area contributed by atoms with Crippen molar-refractivity contribution in [2.45, 2.75) is 118 Å². The Labute approximate surface area is 187 Å². The molecular weight excluding hydrogens is 364 g/mol. The van der Waals surface area contributed by atoms with E-state index in [0.29, 0.717) is 5.41 Å². The van der Waals surface area contributed by atoms with E-state index in [2.05, 4.69) is 53.7 Å². The van der Waals surface area contributed by atoms with E-state index in [1.54, 1.807) is 11.1 Å². The van der Waals surface area contributed by atoms with Crippen molar-refractivity contribution in [3.63, 3.8) is 0 Å². The van der Waals surface area contributed by atoms with Crippen LogP contribution in [-0.2, 0) is 0 Å². The molecule has 3 aliphatic rings. The first-order valence-corrected chi connectivity index (χ1v) is 13.3. The number of hydrogen-bond donors (Lipinski definition) is 1. The third kappa shape index (κ3) is 5.25. The lowest BCUT2D eigenvalue weighted by molar-refractivity contribution is 0.0430. The van der Waals surface area contributed by atoms with Crippen molar-refractivity contribution >= 4 is 0 Å². The van der Waals surface area contributed by atoms with Gasteiger partial charge in [0.2, 0.25) is 0 Å². The highest BCUT2D eigenvalue weighted by Gasteiger charge is 2.46. The first-order chi connectivity index (χ1) is 14.3. The van der Waals surface area contributed by atoms with Gasteiger partial charge in [-0.3, -0.25) is 0 Å². The maximum absolute atomic E-state index is 10.2. The Morgan fingerprint density at radius 2 is 1.97 bits per heavy atom. The van der Waals surface area contributed by atoms with Gasteiger partial charge in [-0.05, 0) is 106 Å². The van der Waals surface area contributed by atoms with E-state index < -0.39 is 0 Å². The molecule has 0 heterocycles. The topological polar surface area (TPSA) is 20.2 Å². The molecule has 0 aromatic heterocycles. The van der Waals surface area contributed by atoms with Crippen LogP contribution in [-0.4, -0.2) is 11.2 Å². The predicted molar refractivity (Wildman–Crippen MR) is 130 cm³/mol. The fourth-order valence-corrected chi connectivity index (χ4v) is 7.41. The van der Waals surface area contributed by atoms with Crippen LogP contribution in [0, 0.1) is 40.9 Å². The number of aliphatic hydroxyl groups is 1. The molecule has 3 rings (SSSR count). The molecular formula is C29H50O. The third-order valence-electron chi connectivity index (χ3n) is 9.74. The quantitative estimate of drug-likeness (QED) is 0.448. The maximum atomic E-state index is 10.2. The van der Waals surface area contributed by atoms with Crippen LogP contribution < -0.4 is 0 Å². The fourth-order valence-electron chi connectivity index (χ4n) is 7.41. The zero-order valence-electron chi connectivity index (χ0n) is 20.9. The van der Waals surface area contributed by atoms with Crippen LogP contribution in [0.1, 0.15) is 112 Å². The van der Waals surface area contributed by atoms with Crippen molar-refractivity contribution in [1.29, 1.82) is 0 Å². The van der Waals surface area contributed by atoms with Gasteiger partial charge < -0.3 is 5.11 Å². The first kappa shape index (κ1) is 24.1. The van der Waals surface area contributed by atoms with Gasteiger partial charge in [-0.2, -0.15) is 0 Å². The van der Waals surface area contributed by atoms with Crippen molar-refractivity contribution in [3.8, 4) is 0 Å². The molecule has 0 aromatic rings. The van der Waals surface area contributed by atoms with Crippen molar-refractivity contribution in [3.05, 3.63) is 23.3 Å². The van der Waals surface area contributed by atoms with Gasteiger partial charge in [0.15, 0.2) is 0 Å². The summed E-state index contributed by atoms with van der Waals surface area (Å²) in [6.45, 7) is 14.6. The molecule has 2 saturated carbocycles. The lowest BCUT2D eigenvalue weighted by Gasteiger charge is -2.50. The van der Waals surface area contributed by atoms with Gasteiger partial charge in [0.25, 0.3) is 0 Å². The monoisotopic (exact) mass is 414 g/mol. The summed E-state index contributed by atoms with van der Waals surface area (Å²) in [5, 5.41) is 10.2. The molecule has 0 aliphatic heterocycles. The average molecular weight is 415 g/mol. The predicted octanol–water partition coefficient (Wildman–Crippen LogP) is 8.34. The van der Waals surface area contributed by atoms with Crippen molar-refractivity contribution in [2.24, 2.45) is 40.9 Å². The van der Waals surface area contributed by atoms with Crippen LogP contribution in [0.3, 0.4) is 0 Å². The number of allylic oxidation sites excluding steroid dienone is 3. The van der Waals surface area contributed by atoms with Crippen LogP contribution in [0.25, 0.3) is 0 Å². The zero-order chi connectivity index (χ0) is 21.9. The summed E-state index contributed by atoms with van der Waals surface area (Å²) in [5.41, 5.74) is 3.64. The summed E-state index contributed by atoms with van der Waals surface area (Å²) in [7, 11) is 0. The van der Waals surface area contributed by atoms with E-state index >= 15 is 0 Å². The zero-order valence-corrected chi connectivity index (χ0v) is 20.9. The molecule has 7 atom stereocenters. The maximum Gasteiger partial charge on any atom is 0.0577 e. The summed E-state index contributed by atoms with van der Waals surface area (Å²) >= 11 is 0. The number of aliphatic hydroxyl groups excluding tert-OH is 1. The number of rotatable bonds is 5. The third-order valence-corrected chi connectivity index (χ3v) is 9.74. The molecule has 3 aliphatic carbocycles. The lowest BCUT2D eigenvalue weighted by atomic mass is 9.55. The van der Waals surface area contributed by atoms with E-state index in [4.69, 9.17) is 0 Å².